The lowest BCUT2D eigenvalue weighted by Gasteiger charge is -2.24. The lowest BCUT2D eigenvalue weighted by molar-refractivity contribution is 0.0958. The maximum absolute atomic E-state index is 13.2. The molecular formula is C24H22N2O4. The van der Waals surface area contributed by atoms with Crippen molar-refractivity contribution in [2.24, 2.45) is 0 Å². The quantitative estimate of drug-likeness (QED) is 0.530. The Morgan fingerprint density at radius 1 is 1.10 bits per heavy atom. The highest BCUT2D eigenvalue weighted by Crippen LogP contribution is 2.26. The van der Waals surface area contributed by atoms with Crippen molar-refractivity contribution in [3.05, 3.63) is 93.7 Å². The van der Waals surface area contributed by atoms with E-state index in [9.17, 15) is 9.59 Å². The summed E-state index contributed by atoms with van der Waals surface area (Å²) in [5.74, 6) is 0.578. The third kappa shape index (κ3) is 3.72. The molecule has 0 fully saturated rings. The number of aryl methyl sites for hydroxylation is 2. The fourth-order valence-electron chi connectivity index (χ4n) is 3.55. The van der Waals surface area contributed by atoms with Gasteiger partial charge in [-0.05, 0) is 61.2 Å². The summed E-state index contributed by atoms with van der Waals surface area (Å²) in [4.78, 5) is 30.5. The minimum atomic E-state index is -0.304. The number of nitrogens with one attached hydrogen (secondary N) is 1. The first-order valence-corrected chi connectivity index (χ1v) is 9.59. The summed E-state index contributed by atoms with van der Waals surface area (Å²) in [6.45, 7) is 4.06. The molecule has 1 N–H and O–H groups in total. The summed E-state index contributed by atoms with van der Waals surface area (Å²) in [5, 5.41) is 0.858. The first-order chi connectivity index (χ1) is 14.5. The Balaban J connectivity index is 1.79. The van der Waals surface area contributed by atoms with Crippen molar-refractivity contribution in [2.75, 3.05) is 12.0 Å². The number of methoxy groups -OCH3 is 1. The van der Waals surface area contributed by atoms with Crippen molar-refractivity contribution >= 4 is 22.5 Å². The Morgan fingerprint density at radius 2 is 1.93 bits per heavy atom. The molecule has 2 aromatic heterocycles. The zero-order valence-corrected chi connectivity index (χ0v) is 17.1. The van der Waals surface area contributed by atoms with Crippen LogP contribution in [-0.2, 0) is 6.54 Å². The maximum Gasteiger partial charge on any atom is 0.294 e. The minimum Gasteiger partial charge on any atom is -0.497 e. The molecule has 4 rings (SSSR count). The number of H-pyrrole nitrogens is 1. The monoisotopic (exact) mass is 402 g/mol. The van der Waals surface area contributed by atoms with Crippen LogP contribution in [0.3, 0.4) is 0 Å². The molecule has 6 heteroatoms. The van der Waals surface area contributed by atoms with Gasteiger partial charge in [0.25, 0.3) is 11.5 Å². The first-order valence-electron chi connectivity index (χ1n) is 9.59. The van der Waals surface area contributed by atoms with Crippen molar-refractivity contribution in [3.8, 4) is 5.75 Å². The lowest BCUT2D eigenvalue weighted by Crippen LogP contribution is -2.33. The van der Waals surface area contributed by atoms with Crippen LogP contribution in [0.5, 0.6) is 5.75 Å². The number of carbonyl (C=O) groups excluding carboxylic acids is 1. The highest BCUT2D eigenvalue weighted by molar-refractivity contribution is 6.04. The molecular weight excluding hydrogens is 380 g/mol. The summed E-state index contributed by atoms with van der Waals surface area (Å²) in [7, 11) is 1.58. The van der Waals surface area contributed by atoms with Crippen LogP contribution in [-0.4, -0.2) is 18.0 Å². The van der Waals surface area contributed by atoms with Gasteiger partial charge < -0.3 is 19.0 Å². The summed E-state index contributed by atoms with van der Waals surface area (Å²) in [6, 6.07) is 16.4. The Kier molecular flexibility index (Phi) is 5.14. The number of ether oxygens (including phenoxy) is 1. The number of carbonyl (C=O) groups is 1. The molecule has 0 atom stereocenters. The number of furan rings is 1. The van der Waals surface area contributed by atoms with Gasteiger partial charge in [0.15, 0.2) is 5.76 Å². The van der Waals surface area contributed by atoms with Gasteiger partial charge in [-0.15, -0.1) is 0 Å². The van der Waals surface area contributed by atoms with Gasteiger partial charge in [0, 0.05) is 17.3 Å². The lowest BCUT2D eigenvalue weighted by atomic mass is 10.1. The topological polar surface area (TPSA) is 75.5 Å². The average molecular weight is 402 g/mol. The number of fused-ring (bicyclic) bond motifs is 1. The number of anilines is 1. The fourth-order valence-corrected chi connectivity index (χ4v) is 3.55. The van der Waals surface area contributed by atoms with Gasteiger partial charge in [0.2, 0.25) is 0 Å². The molecule has 0 spiro atoms. The van der Waals surface area contributed by atoms with Gasteiger partial charge in [-0.3, -0.25) is 9.59 Å². The number of hydrogen-bond acceptors (Lipinski definition) is 4. The maximum atomic E-state index is 13.2. The molecule has 152 valence electrons. The fraction of sp³-hybridized carbons (Fsp3) is 0.167. The van der Waals surface area contributed by atoms with E-state index in [2.05, 4.69) is 4.98 Å². The zero-order valence-electron chi connectivity index (χ0n) is 17.1. The smallest absolute Gasteiger partial charge is 0.294 e. The van der Waals surface area contributed by atoms with E-state index in [0.29, 0.717) is 16.8 Å². The van der Waals surface area contributed by atoms with E-state index in [1.54, 1.807) is 36.3 Å². The van der Waals surface area contributed by atoms with Gasteiger partial charge in [-0.1, -0.05) is 17.7 Å². The number of aromatic nitrogens is 1. The number of benzene rings is 2. The normalized spacial score (nSPS) is 10.9. The van der Waals surface area contributed by atoms with Crippen LogP contribution in [0.15, 0.2) is 70.1 Å². The molecule has 0 bridgehead atoms. The second-order valence-electron chi connectivity index (χ2n) is 7.24. The van der Waals surface area contributed by atoms with Crippen molar-refractivity contribution in [3.63, 3.8) is 0 Å². The van der Waals surface area contributed by atoms with Crippen LogP contribution in [0, 0.1) is 13.8 Å². The van der Waals surface area contributed by atoms with Crippen LogP contribution >= 0.6 is 0 Å². The highest BCUT2D eigenvalue weighted by atomic mass is 16.5. The van der Waals surface area contributed by atoms with Crippen molar-refractivity contribution in [1.82, 2.24) is 4.98 Å². The Hall–Kier alpha value is -3.80. The zero-order chi connectivity index (χ0) is 21.3. The van der Waals surface area contributed by atoms with E-state index in [1.165, 1.54) is 6.26 Å². The first kappa shape index (κ1) is 19.5. The molecule has 0 unspecified atom stereocenters. The number of nitrogens with zero attached hydrogens (tertiary/aromatic N) is 1. The second kappa shape index (κ2) is 7.91. The van der Waals surface area contributed by atoms with Crippen LogP contribution in [0.4, 0.5) is 5.69 Å². The molecule has 4 aromatic rings. The van der Waals surface area contributed by atoms with Crippen molar-refractivity contribution < 1.29 is 13.9 Å². The Bertz CT molecular complexity index is 1270. The van der Waals surface area contributed by atoms with E-state index in [0.717, 1.165) is 22.2 Å². The van der Waals surface area contributed by atoms with Gasteiger partial charge in [0.1, 0.15) is 5.75 Å². The van der Waals surface area contributed by atoms with Gasteiger partial charge in [0.05, 0.1) is 25.4 Å². The molecule has 6 nitrogen and oxygen atoms in total. The Morgan fingerprint density at radius 3 is 2.63 bits per heavy atom. The van der Waals surface area contributed by atoms with E-state index >= 15 is 0 Å². The van der Waals surface area contributed by atoms with Crippen LogP contribution in [0.2, 0.25) is 0 Å². The number of amides is 1. The molecule has 30 heavy (non-hydrogen) atoms. The van der Waals surface area contributed by atoms with E-state index < -0.39 is 0 Å². The van der Waals surface area contributed by atoms with Crippen LogP contribution < -0.4 is 15.2 Å². The predicted octanol–water partition coefficient (Wildman–Crippen LogP) is 4.59. The minimum absolute atomic E-state index is 0.112. The summed E-state index contributed by atoms with van der Waals surface area (Å²) in [6.07, 6.45) is 1.46. The number of aromatic amines is 1. The van der Waals surface area contributed by atoms with Gasteiger partial charge >= 0.3 is 0 Å². The molecule has 0 saturated heterocycles. The third-order valence-corrected chi connectivity index (χ3v) is 5.08. The van der Waals surface area contributed by atoms with Crippen molar-refractivity contribution in [2.45, 2.75) is 20.4 Å². The molecule has 0 saturated carbocycles. The average Bonchev–Trinajstić information content (AvgIpc) is 3.27. The van der Waals surface area contributed by atoms with E-state index in [1.807, 2.05) is 44.2 Å². The Labute approximate surface area is 173 Å². The number of hydrogen-bond donors (Lipinski definition) is 1. The standard InChI is InChI=1S/C24H22N2O4/c1-15-6-9-21(16(2)11-15)26(24(28)22-5-4-10-30-22)14-18-12-17-7-8-19(29-3)13-20(17)25-23(18)27/h4-13H,14H2,1-3H3,(H,25,27). The molecule has 0 aliphatic rings. The van der Waals surface area contributed by atoms with E-state index in [-0.39, 0.29) is 23.8 Å². The molecule has 0 radical (unpaired) electrons. The number of rotatable bonds is 5. The largest absolute Gasteiger partial charge is 0.497 e. The predicted molar refractivity (Wildman–Crippen MR) is 116 cm³/mol. The molecule has 1 amide bonds. The number of pyridine rings is 1. The van der Waals surface area contributed by atoms with Crippen LogP contribution in [0.1, 0.15) is 27.2 Å². The third-order valence-electron chi connectivity index (χ3n) is 5.08. The molecule has 2 heterocycles. The summed E-state index contributed by atoms with van der Waals surface area (Å²) in [5.41, 5.74) is 3.68. The molecule has 0 aliphatic carbocycles. The molecule has 0 aliphatic heterocycles. The van der Waals surface area contributed by atoms with Crippen LogP contribution in [0.25, 0.3) is 10.9 Å². The van der Waals surface area contributed by atoms with Gasteiger partial charge in [-0.2, -0.15) is 0 Å². The van der Waals surface area contributed by atoms with Gasteiger partial charge in [-0.25, -0.2) is 0 Å². The summed E-state index contributed by atoms with van der Waals surface area (Å²) >= 11 is 0. The second-order valence-corrected chi connectivity index (χ2v) is 7.24. The highest BCUT2D eigenvalue weighted by Gasteiger charge is 2.23. The van der Waals surface area contributed by atoms with Crippen molar-refractivity contribution in [1.29, 1.82) is 0 Å². The SMILES string of the molecule is COc1ccc2cc(CN(C(=O)c3ccco3)c3ccc(C)cc3C)c(=O)[nH]c2c1. The van der Waals surface area contributed by atoms with E-state index in [4.69, 9.17) is 9.15 Å². The molecule has 2 aromatic carbocycles. The summed E-state index contributed by atoms with van der Waals surface area (Å²) < 4.78 is 10.6.